The van der Waals surface area contributed by atoms with Gasteiger partial charge in [0.05, 0.1) is 31.3 Å². The number of carbonyl (C=O) groups excluding carboxylic acids is 1. The number of nitrogens with zero attached hydrogens (tertiary/aromatic N) is 3. The van der Waals surface area contributed by atoms with E-state index in [0.29, 0.717) is 22.8 Å². The number of fused-ring (bicyclic) bond motifs is 1. The molecular formula is C25H26N4O4. The van der Waals surface area contributed by atoms with Crippen LogP contribution < -0.4 is 20.3 Å². The minimum absolute atomic E-state index is 0.280. The minimum Gasteiger partial charge on any atom is -0.497 e. The summed E-state index contributed by atoms with van der Waals surface area (Å²) in [6.07, 6.45) is 0. The van der Waals surface area contributed by atoms with Crippen LogP contribution in [0, 0.1) is 13.8 Å². The molecular weight excluding hydrogens is 420 g/mol. The molecule has 0 saturated carbocycles. The molecule has 8 heteroatoms. The number of hydrogen-bond donors (Lipinski definition) is 1. The van der Waals surface area contributed by atoms with E-state index in [1.54, 1.807) is 43.0 Å². The van der Waals surface area contributed by atoms with E-state index in [2.05, 4.69) is 10.4 Å². The lowest BCUT2D eigenvalue weighted by molar-refractivity contribution is -0.118. The second-order valence-electron chi connectivity index (χ2n) is 7.80. The Kier molecular flexibility index (Phi) is 5.91. The molecule has 0 radical (unpaired) electrons. The third kappa shape index (κ3) is 3.95. The number of nitrogens with one attached hydrogen (secondary N) is 1. The number of benzene rings is 2. The first-order valence-corrected chi connectivity index (χ1v) is 10.6. The van der Waals surface area contributed by atoms with Gasteiger partial charge in [-0.3, -0.25) is 14.2 Å². The minimum atomic E-state index is -0.824. The maximum absolute atomic E-state index is 13.3. The summed E-state index contributed by atoms with van der Waals surface area (Å²) in [7, 11) is 3.07. The summed E-state index contributed by atoms with van der Waals surface area (Å²) in [6, 6.07) is 15.4. The van der Waals surface area contributed by atoms with Crippen molar-refractivity contribution in [3.8, 4) is 17.2 Å². The zero-order valence-corrected chi connectivity index (χ0v) is 19.2. The van der Waals surface area contributed by atoms with Crippen molar-refractivity contribution < 1.29 is 14.3 Å². The second kappa shape index (κ2) is 8.82. The summed E-state index contributed by atoms with van der Waals surface area (Å²) >= 11 is 0. The van der Waals surface area contributed by atoms with E-state index in [4.69, 9.17) is 9.47 Å². The number of pyridine rings is 1. The Morgan fingerprint density at radius 3 is 2.42 bits per heavy atom. The van der Waals surface area contributed by atoms with Crippen LogP contribution in [0.4, 0.5) is 5.69 Å². The van der Waals surface area contributed by atoms with E-state index in [-0.39, 0.29) is 11.5 Å². The summed E-state index contributed by atoms with van der Waals surface area (Å²) in [4.78, 5) is 26.5. The van der Waals surface area contributed by atoms with Crippen molar-refractivity contribution in [2.75, 3.05) is 19.5 Å². The first-order valence-electron chi connectivity index (χ1n) is 10.6. The van der Waals surface area contributed by atoms with Crippen molar-refractivity contribution in [2.24, 2.45) is 0 Å². The van der Waals surface area contributed by atoms with E-state index >= 15 is 0 Å². The molecule has 0 fully saturated rings. The SMILES string of the molecule is COc1ccc(OC)c(NC(=O)C(C)n2c(=O)cc(C)c3c(C)nn(-c4ccccc4)c32)c1. The van der Waals surface area contributed by atoms with Gasteiger partial charge in [-0.15, -0.1) is 0 Å². The molecule has 1 N–H and O–H groups in total. The fraction of sp³-hybridized carbons (Fsp3) is 0.240. The van der Waals surface area contributed by atoms with Crippen molar-refractivity contribution >= 4 is 22.6 Å². The lowest BCUT2D eigenvalue weighted by Crippen LogP contribution is -2.32. The summed E-state index contributed by atoms with van der Waals surface area (Å²) in [5.41, 5.74) is 3.14. The summed E-state index contributed by atoms with van der Waals surface area (Å²) in [5, 5.41) is 8.41. The van der Waals surface area contributed by atoms with E-state index < -0.39 is 6.04 Å². The van der Waals surface area contributed by atoms with Gasteiger partial charge >= 0.3 is 0 Å². The fourth-order valence-electron chi connectivity index (χ4n) is 4.02. The molecule has 2 aromatic carbocycles. The zero-order chi connectivity index (χ0) is 23.7. The molecule has 33 heavy (non-hydrogen) atoms. The standard InChI is InChI=1S/C25H26N4O4/c1-15-13-22(30)28(25-23(15)16(2)27-29(25)18-9-7-6-8-10-18)17(3)24(31)26-20-14-19(32-4)11-12-21(20)33-5/h6-14,17H,1-5H3,(H,26,31). The van der Waals surface area contributed by atoms with Crippen LogP contribution >= 0.6 is 0 Å². The van der Waals surface area contributed by atoms with Crippen LogP contribution in [0.25, 0.3) is 16.7 Å². The average Bonchev–Trinajstić information content (AvgIpc) is 3.16. The highest BCUT2D eigenvalue weighted by molar-refractivity contribution is 5.96. The Morgan fingerprint density at radius 2 is 1.76 bits per heavy atom. The number of methoxy groups -OCH3 is 2. The monoisotopic (exact) mass is 446 g/mol. The molecule has 2 aromatic heterocycles. The van der Waals surface area contributed by atoms with Crippen LogP contribution in [0.3, 0.4) is 0 Å². The van der Waals surface area contributed by atoms with Crippen LogP contribution in [-0.4, -0.2) is 34.5 Å². The molecule has 1 amide bonds. The fourth-order valence-corrected chi connectivity index (χ4v) is 4.02. The molecule has 0 saturated heterocycles. The number of anilines is 1. The van der Waals surface area contributed by atoms with E-state index in [9.17, 15) is 9.59 Å². The van der Waals surface area contributed by atoms with Gasteiger partial charge in [0.25, 0.3) is 5.56 Å². The lowest BCUT2D eigenvalue weighted by atomic mass is 10.1. The molecule has 0 bridgehead atoms. The zero-order valence-electron chi connectivity index (χ0n) is 19.2. The molecule has 8 nitrogen and oxygen atoms in total. The molecule has 0 aliphatic heterocycles. The first kappa shape index (κ1) is 22.1. The van der Waals surface area contributed by atoms with Crippen molar-refractivity contribution in [2.45, 2.75) is 26.8 Å². The van der Waals surface area contributed by atoms with Crippen LogP contribution in [0.1, 0.15) is 24.2 Å². The largest absolute Gasteiger partial charge is 0.497 e. The Labute approximate surface area is 191 Å². The number of rotatable bonds is 6. The topological polar surface area (TPSA) is 87.4 Å². The van der Waals surface area contributed by atoms with E-state index in [0.717, 1.165) is 22.3 Å². The normalized spacial score (nSPS) is 11.9. The van der Waals surface area contributed by atoms with Gasteiger partial charge in [0.15, 0.2) is 0 Å². The van der Waals surface area contributed by atoms with Crippen molar-refractivity contribution in [1.82, 2.24) is 14.3 Å². The van der Waals surface area contributed by atoms with Crippen molar-refractivity contribution in [3.63, 3.8) is 0 Å². The molecule has 1 unspecified atom stereocenters. The highest BCUT2D eigenvalue weighted by Crippen LogP contribution is 2.30. The van der Waals surface area contributed by atoms with Crippen molar-refractivity contribution in [1.29, 1.82) is 0 Å². The Bertz CT molecular complexity index is 1390. The molecule has 2 heterocycles. The predicted octanol–water partition coefficient (Wildman–Crippen LogP) is 4.02. The highest BCUT2D eigenvalue weighted by atomic mass is 16.5. The van der Waals surface area contributed by atoms with Gasteiger partial charge in [0.1, 0.15) is 23.2 Å². The smallest absolute Gasteiger partial charge is 0.253 e. The third-order valence-corrected chi connectivity index (χ3v) is 5.67. The summed E-state index contributed by atoms with van der Waals surface area (Å²) in [6.45, 7) is 5.47. The van der Waals surface area contributed by atoms with Crippen LogP contribution in [0.15, 0.2) is 59.4 Å². The Morgan fingerprint density at radius 1 is 1.03 bits per heavy atom. The first-order chi connectivity index (χ1) is 15.8. The third-order valence-electron chi connectivity index (χ3n) is 5.67. The number of hydrogen-bond acceptors (Lipinski definition) is 5. The number of amides is 1. The van der Waals surface area contributed by atoms with Gasteiger partial charge in [-0.1, -0.05) is 18.2 Å². The maximum atomic E-state index is 13.3. The molecule has 4 rings (SSSR count). The highest BCUT2D eigenvalue weighted by Gasteiger charge is 2.24. The number of aryl methyl sites for hydroxylation is 2. The number of ether oxygens (including phenoxy) is 2. The Balaban J connectivity index is 1.85. The van der Waals surface area contributed by atoms with E-state index in [1.165, 1.54) is 11.7 Å². The number of aromatic nitrogens is 3. The van der Waals surface area contributed by atoms with Crippen LogP contribution in [-0.2, 0) is 4.79 Å². The van der Waals surface area contributed by atoms with Gasteiger partial charge in [-0.05, 0) is 50.6 Å². The second-order valence-corrected chi connectivity index (χ2v) is 7.80. The molecule has 0 aliphatic rings. The molecule has 170 valence electrons. The summed E-state index contributed by atoms with van der Waals surface area (Å²) < 4.78 is 13.8. The maximum Gasteiger partial charge on any atom is 0.253 e. The Hall–Kier alpha value is -4.07. The molecule has 1 atom stereocenters. The van der Waals surface area contributed by atoms with Gasteiger partial charge in [-0.25, -0.2) is 4.68 Å². The predicted molar refractivity (Wildman–Crippen MR) is 128 cm³/mol. The van der Waals surface area contributed by atoms with Gasteiger partial charge in [0.2, 0.25) is 5.91 Å². The molecule has 4 aromatic rings. The van der Waals surface area contributed by atoms with Crippen LogP contribution in [0.5, 0.6) is 11.5 Å². The average molecular weight is 447 g/mol. The quantitative estimate of drug-likeness (QED) is 0.483. The van der Waals surface area contributed by atoms with Crippen molar-refractivity contribution in [3.05, 3.63) is 76.2 Å². The number of carbonyl (C=O) groups is 1. The van der Waals surface area contributed by atoms with Gasteiger partial charge < -0.3 is 14.8 Å². The number of para-hydroxylation sites is 1. The van der Waals surface area contributed by atoms with Gasteiger partial charge in [-0.2, -0.15) is 5.10 Å². The van der Waals surface area contributed by atoms with E-state index in [1.807, 2.05) is 44.2 Å². The lowest BCUT2D eigenvalue weighted by Gasteiger charge is -2.19. The molecule has 0 aliphatic carbocycles. The molecule has 0 spiro atoms. The van der Waals surface area contributed by atoms with Crippen LogP contribution in [0.2, 0.25) is 0 Å². The summed E-state index contributed by atoms with van der Waals surface area (Å²) in [5.74, 6) is 0.696. The van der Waals surface area contributed by atoms with Gasteiger partial charge in [0, 0.05) is 17.5 Å².